The molecule has 0 unspecified atom stereocenters. The Morgan fingerprint density at radius 2 is 2.00 bits per heavy atom. The first-order valence-corrected chi connectivity index (χ1v) is 8.58. The number of anilines is 1. The smallest absolute Gasteiger partial charge is 0.265 e. The summed E-state index contributed by atoms with van der Waals surface area (Å²) in [5.41, 5.74) is 1.48. The van der Waals surface area contributed by atoms with Gasteiger partial charge in [-0.1, -0.05) is 26.8 Å². The van der Waals surface area contributed by atoms with Gasteiger partial charge in [0.25, 0.3) is 11.5 Å². The van der Waals surface area contributed by atoms with Gasteiger partial charge in [0, 0.05) is 7.05 Å². The Bertz CT molecular complexity index is 1090. The minimum absolute atomic E-state index is 0.0934. The third kappa shape index (κ3) is 3.32. The first-order valence-electron chi connectivity index (χ1n) is 8.58. The Morgan fingerprint density at radius 3 is 2.63 bits per heavy atom. The van der Waals surface area contributed by atoms with Crippen LogP contribution in [0, 0.1) is 6.92 Å². The zero-order chi connectivity index (χ0) is 19.9. The SMILES string of the molecule is COc1ccc(C(C)(C)C)cc1NC(=O)c1c(C)oc2ncn(C)c(=O)c12. The van der Waals surface area contributed by atoms with Crippen molar-refractivity contribution in [1.82, 2.24) is 9.55 Å². The van der Waals surface area contributed by atoms with Crippen LogP contribution in [-0.4, -0.2) is 22.6 Å². The van der Waals surface area contributed by atoms with Crippen molar-refractivity contribution in [3.63, 3.8) is 0 Å². The molecular weight excluding hydrogens is 346 g/mol. The van der Waals surface area contributed by atoms with Gasteiger partial charge in [-0.3, -0.25) is 9.59 Å². The largest absolute Gasteiger partial charge is 0.495 e. The summed E-state index contributed by atoms with van der Waals surface area (Å²) in [7, 11) is 3.12. The number of furan rings is 1. The quantitative estimate of drug-likeness (QED) is 0.765. The monoisotopic (exact) mass is 369 g/mol. The Kier molecular flexibility index (Phi) is 4.55. The van der Waals surface area contributed by atoms with Crippen LogP contribution < -0.4 is 15.6 Å². The molecule has 1 N–H and O–H groups in total. The summed E-state index contributed by atoms with van der Waals surface area (Å²) in [4.78, 5) is 29.6. The first kappa shape index (κ1) is 18.7. The maximum Gasteiger partial charge on any atom is 0.265 e. The number of aromatic nitrogens is 2. The van der Waals surface area contributed by atoms with Gasteiger partial charge in [0.15, 0.2) is 0 Å². The minimum Gasteiger partial charge on any atom is -0.495 e. The zero-order valence-corrected chi connectivity index (χ0v) is 16.3. The van der Waals surface area contributed by atoms with Crippen molar-refractivity contribution >= 4 is 22.7 Å². The zero-order valence-electron chi connectivity index (χ0n) is 16.3. The number of aryl methyl sites for hydroxylation is 2. The van der Waals surface area contributed by atoms with Crippen LogP contribution in [0.15, 0.2) is 33.7 Å². The van der Waals surface area contributed by atoms with Crippen molar-refractivity contribution in [2.75, 3.05) is 12.4 Å². The minimum atomic E-state index is -0.444. The first-order chi connectivity index (χ1) is 12.6. The molecule has 7 heteroatoms. The summed E-state index contributed by atoms with van der Waals surface area (Å²) < 4.78 is 12.2. The predicted octanol–water partition coefficient (Wildman–Crippen LogP) is 3.39. The van der Waals surface area contributed by atoms with Crippen molar-refractivity contribution in [1.29, 1.82) is 0 Å². The molecule has 142 valence electrons. The number of rotatable bonds is 3. The van der Waals surface area contributed by atoms with Crippen molar-refractivity contribution in [3.05, 3.63) is 51.8 Å². The summed E-state index contributed by atoms with van der Waals surface area (Å²) in [6.07, 6.45) is 1.37. The lowest BCUT2D eigenvalue weighted by atomic mass is 9.87. The summed E-state index contributed by atoms with van der Waals surface area (Å²) in [5, 5.41) is 3.02. The number of carbonyl (C=O) groups excluding carboxylic acids is 1. The highest BCUT2D eigenvalue weighted by Gasteiger charge is 2.24. The molecule has 0 bridgehead atoms. The van der Waals surface area contributed by atoms with E-state index in [9.17, 15) is 9.59 Å². The van der Waals surface area contributed by atoms with E-state index >= 15 is 0 Å². The topological polar surface area (TPSA) is 86.4 Å². The van der Waals surface area contributed by atoms with Gasteiger partial charge in [-0.2, -0.15) is 0 Å². The van der Waals surface area contributed by atoms with Gasteiger partial charge in [-0.05, 0) is 30.0 Å². The molecule has 0 radical (unpaired) electrons. The normalized spacial score (nSPS) is 11.6. The second-order valence-corrected chi connectivity index (χ2v) is 7.49. The van der Waals surface area contributed by atoms with E-state index < -0.39 is 5.91 Å². The van der Waals surface area contributed by atoms with E-state index in [1.54, 1.807) is 21.1 Å². The number of nitrogens with one attached hydrogen (secondary N) is 1. The lowest BCUT2D eigenvalue weighted by Gasteiger charge is -2.21. The van der Waals surface area contributed by atoms with Crippen molar-refractivity contribution < 1.29 is 13.9 Å². The van der Waals surface area contributed by atoms with E-state index in [4.69, 9.17) is 9.15 Å². The highest BCUT2D eigenvalue weighted by molar-refractivity contribution is 6.13. The third-order valence-corrected chi connectivity index (χ3v) is 4.49. The van der Waals surface area contributed by atoms with Gasteiger partial charge in [0.1, 0.15) is 23.2 Å². The Hall–Kier alpha value is -3.09. The molecule has 0 fully saturated rings. The molecule has 27 heavy (non-hydrogen) atoms. The molecule has 1 aromatic carbocycles. The molecular formula is C20H23N3O4. The molecule has 0 atom stereocenters. The van der Waals surface area contributed by atoms with Gasteiger partial charge in [0.2, 0.25) is 5.71 Å². The highest BCUT2D eigenvalue weighted by atomic mass is 16.5. The molecule has 0 aliphatic rings. The maximum absolute atomic E-state index is 13.0. The fraction of sp³-hybridized carbons (Fsp3) is 0.350. The van der Waals surface area contributed by atoms with Gasteiger partial charge in [-0.25, -0.2) is 4.98 Å². The molecule has 3 aromatic rings. The lowest BCUT2D eigenvalue weighted by molar-refractivity contribution is 0.102. The van der Waals surface area contributed by atoms with Gasteiger partial charge >= 0.3 is 0 Å². The standard InChI is InChI=1S/C20H23N3O4/c1-11-15(16-18(27-11)21-10-23(5)19(16)25)17(24)22-13-9-12(20(2,3)4)7-8-14(13)26-6/h7-10H,1-6H3,(H,22,24). The second-order valence-electron chi connectivity index (χ2n) is 7.49. The average molecular weight is 369 g/mol. The van der Waals surface area contributed by atoms with Crippen LogP contribution in [0.4, 0.5) is 5.69 Å². The fourth-order valence-corrected chi connectivity index (χ4v) is 2.92. The Balaban J connectivity index is 2.09. The number of hydrogen-bond acceptors (Lipinski definition) is 5. The van der Waals surface area contributed by atoms with Crippen LogP contribution in [0.3, 0.4) is 0 Å². The molecule has 0 aliphatic carbocycles. The number of fused-ring (bicyclic) bond motifs is 1. The van der Waals surface area contributed by atoms with Crippen molar-refractivity contribution in [2.24, 2.45) is 7.05 Å². The molecule has 7 nitrogen and oxygen atoms in total. The molecule has 0 aliphatic heterocycles. The Morgan fingerprint density at radius 1 is 1.30 bits per heavy atom. The lowest BCUT2D eigenvalue weighted by Crippen LogP contribution is -2.21. The van der Waals surface area contributed by atoms with E-state index in [-0.39, 0.29) is 27.6 Å². The number of benzene rings is 1. The van der Waals surface area contributed by atoms with Gasteiger partial charge in [0.05, 0.1) is 18.4 Å². The molecule has 1 amide bonds. The Labute approximate surface area is 157 Å². The summed E-state index contributed by atoms with van der Waals surface area (Å²) in [6.45, 7) is 7.90. The number of amides is 1. The van der Waals surface area contributed by atoms with Gasteiger partial charge in [-0.15, -0.1) is 0 Å². The number of methoxy groups -OCH3 is 1. The molecule has 0 saturated heterocycles. The van der Waals surface area contributed by atoms with Crippen molar-refractivity contribution in [2.45, 2.75) is 33.1 Å². The average Bonchev–Trinajstić information content (AvgIpc) is 2.94. The van der Waals surface area contributed by atoms with E-state index in [1.165, 1.54) is 10.9 Å². The maximum atomic E-state index is 13.0. The number of hydrogen-bond donors (Lipinski definition) is 1. The van der Waals surface area contributed by atoms with Crippen LogP contribution in [0.2, 0.25) is 0 Å². The van der Waals surface area contributed by atoms with E-state index in [0.717, 1.165) is 5.56 Å². The van der Waals surface area contributed by atoms with Crippen LogP contribution in [-0.2, 0) is 12.5 Å². The summed E-state index contributed by atoms with van der Waals surface area (Å²) >= 11 is 0. The molecule has 3 rings (SSSR count). The molecule has 0 saturated carbocycles. The van der Waals surface area contributed by atoms with E-state index in [2.05, 4.69) is 31.1 Å². The highest BCUT2D eigenvalue weighted by Crippen LogP contribution is 2.32. The van der Waals surface area contributed by atoms with Crippen LogP contribution >= 0.6 is 0 Å². The number of nitrogens with zero attached hydrogens (tertiary/aromatic N) is 2. The second kappa shape index (κ2) is 6.57. The van der Waals surface area contributed by atoms with E-state index in [0.29, 0.717) is 17.2 Å². The number of ether oxygens (including phenoxy) is 1. The van der Waals surface area contributed by atoms with Crippen LogP contribution in [0.5, 0.6) is 5.75 Å². The van der Waals surface area contributed by atoms with E-state index in [1.807, 2.05) is 18.2 Å². The van der Waals surface area contributed by atoms with Gasteiger partial charge < -0.3 is 19.0 Å². The summed E-state index contributed by atoms with van der Waals surface area (Å²) in [5.74, 6) is 0.429. The molecule has 0 spiro atoms. The van der Waals surface area contributed by atoms with Crippen LogP contribution in [0.25, 0.3) is 11.1 Å². The predicted molar refractivity (Wildman–Crippen MR) is 104 cm³/mol. The third-order valence-electron chi connectivity index (χ3n) is 4.49. The number of carbonyl (C=O) groups is 1. The van der Waals surface area contributed by atoms with Crippen molar-refractivity contribution in [3.8, 4) is 5.75 Å². The van der Waals surface area contributed by atoms with Crippen LogP contribution in [0.1, 0.15) is 42.5 Å². The molecule has 2 aromatic heterocycles. The fourth-order valence-electron chi connectivity index (χ4n) is 2.92. The summed E-state index contributed by atoms with van der Waals surface area (Å²) in [6, 6.07) is 5.66. The molecule has 2 heterocycles.